The van der Waals surface area contributed by atoms with Gasteiger partial charge in [0.25, 0.3) is 0 Å². The summed E-state index contributed by atoms with van der Waals surface area (Å²) in [7, 11) is 0. The highest BCUT2D eigenvalue weighted by atomic mass is 79.9. The average Bonchev–Trinajstić information content (AvgIpc) is 2.95. The molecule has 0 aliphatic heterocycles. The molecule has 0 amide bonds. The first-order valence-corrected chi connectivity index (χ1v) is 7.94. The second-order valence-corrected chi connectivity index (χ2v) is 6.28. The topological polar surface area (TPSA) is 73.1 Å². The van der Waals surface area contributed by atoms with Crippen LogP contribution in [0, 0.1) is 6.92 Å². The normalized spacial score (nSPS) is 10.8. The Hall–Kier alpha value is -1.70. The maximum absolute atomic E-state index is 5.81. The molecule has 3 N–H and O–H groups in total. The molecule has 21 heavy (non-hydrogen) atoms. The summed E-state index contributed by atoms with van der Waals surface area (Å²) in [6.07, 6.45) is 0. The molecule has 3 aromatic rings. The summed E-state index contributed by atoms with van der Waals surface area (Å²) < 4.78 is 6.78. The van der Waals surface area contributed by atoms with Crippen molar-refractivity contribution in [3.8, 4) is 5.75 Å². The van der Waals surface area contributed by atoms with Crippen LogP contribution in [-0.4, -0.2) is 9.97 Å². The fraction of sp³-hybridized carbons (Fsp3) is 0.143. The number of aromatic nitrogens is 2. The predicted octanol–water partition coefficient (Wildman–Crippen LogP) is 3.63. The summed E-state index contributed by atoms with van der Waals surface area (Å²) in [5, 5.41) is 2.88. The molecule has 5 nitrogen and oxygen atoms in total. The van der Waals surface area contributed by atoms with E-state index >= 15 is 0 Å². The minimum Gasteiger partial charge on any atom is -0.485 e. The van der Waals surface area contributed by atoms with Crippen molar-refractivity contribution in [2.75, 3.05) is 5.43 Å². The molecule has 0 saturated heterocycles. The van der Waals surface area contributed by atoms with Crippen molar-refractivity contribution < 1.29 is 4.74 Å². The van der Waals surface area contributed by atoms with Crippen LogP contribution in [0.3, 0.4) is 0 Å². The predicted molar refractivity (Wildman–Crippen MR) is 88.4 cm³/mol. The Bertz CT molecular complexity index is 790. The molecule has 0 unspecified atom stereocenters. The molecule has 0 spiro atoms. The van der Waals surface area contributed by atoms with Crippen molar-refractivity contribution in [2.24, 2.45) is 5.84 Å². The molecule has 7 heteroatoms. The first kappa shape index (κ1) is 14.2. The minimum atomic E-state index is 0.291. The summed E-state index contributed by atoms with van der Waals surface area (Å²) in [4.78, 5) is 9.76. The van der Waals surface area contributed by atoms with Gasteiger partial charge in [-0.25, -0.2) is 15.8 Å². The van der Waals surface area contributed by atoms with Gasteiger partial charge in [-0.15, -0.1) is 11.3 Å². The quantitative estimate of drug-likeness (QED) is 0.546. The van der Waals surface area contributed by atoms with Crippen LogP contribution in [0.1, 0.15) is 11.4 Å². The fourth-order valence-electron chi connectivity index (χ4n) is 1.95. The number of rotatable bonds is 4. The van der Waals surface area contributed by atoms with E-state index in [0.717, 1.165) is 26.0 Å². The lowest BCUT2D eigenvalue weighted by Crippen LogP contribution is -2.11. The summed E-state index contributed by atoms with van der Waals surface area (Å²) in [5.74, 6) is 7.53. The maximum atomic E-state index is 5.81. The highest BCUT2D eigenvalue weighted by Crippen LogP contribution is 2.26. The number of nitrogen functional groups attached to an aromatic ring is 1. The monoisotopic (exact) mass is 364 g/mol. The fourth-order valence-corrected chi connectivity index (χ4v) is 3.07. The number of hydrazine groups is 1. The minimum absolute atomic E-state index is 0.291. The smallest absolute Gasteiger partial charge is 0.169 e. The van der Waals surface area contributed by atoms with E-state index in [-0.39, 0.29) is 0 Å². The van der Waals surface area contributed by atoms with Gasteiger partial charge in [-0.2, -0.15) is 0 Å². The number of nitrogens with two attached hydrogens (primary N) is 1. The Balaban J connectivity index is 1.86. The Kier molecular flexibility index (Phi) is 4.05. The molecule has 0 aliphatic rings. The maximum Gasteiger partial charge on any atom is 0.169 e. The van der Waals surface area contributed by atoms with Crippen LogP contribution in [0.4, 0.5) is 5.82 Å². The molecular formula is C14H13BrN4OS. The Morgan fingerprint density at radius 3 is 3.00 bits per heavy atom. The third-order valence-electron chi connectivity index (χ3n) is 3.02. The third-order valence-corrected chi connectivity index (χ3v) is 4.31. The van der Waals surface area contributed by atoms with E-state index in [2.05, 4.69) is 31.3 Å². The van der Waals surface area contributed by atoms with Crippen molar-refractivity contribution in [1.82, 2.24) is 9.97 Å². The molecule has 0 fully saturated rings. The van der Waals surface area contributed by atoms with Crippen molar-refractivity contribution in [2.45, 2.75) is 13.5 Å². The second-order valence-electron chi connectivity index (χ2n) is 4.47. The van der Waals surface area contributed by atoms with Crippen LogP contribution in [0.5, 0.6) is 5.75 Å². The SMILES string of the molecule is Cc1ccc(Br)cc1OCc1nc(NN)c2ccsc2n1. The van der Waals surface area contributed by atoms with Crippen LogP contribution in [-0.2, 0) is 6.61 Å². The molecule has 0 radical (unpaired) electrons. The standard InChI is InChI=1S/C14H13BrN4OS/c1-8-2-3-9(15)6-11(8)20-7-12-17-13(19-16)10-4-5-21-14(10)18-12/h2-6H,7,16H2,1H3,(H,17,18,19). The number of thiophene rings is 1. The molecule has 1 aromatic carbocycles. The van der Waals surface area contributed by atoms with E-state index in [9.17, 15) is 0 Å². The zero-order valence-corrected chi connectivity index (χ0v) is 13.7. The summed E-state index contributed by atoms with van der Waals surface area (Å²) >= 11 is 4.99. The molecule has 0 bridgehead atoms. The molecule has 0 saturated carbocycles. The summed E-state index contributed by atoms with van der Waals surface area (Å²) in [5.41, 5.74) is 3.67. The number of benzene rings is 1. The van der Waals surface area contributed by atoms with Gasteiger partial charge in [-0.1, -0.05) is 22.0 Å². The molecule has 0 aliphatic carbocycles. The van der Waals surface area contributed by atoms with E-state index in [0.29, 0.717) is 18.2 Å². The molecule has 3 rings (SSSR count). The van der Waals surface area contributed by atoms with Crippen molar-refractivity contribution in [1.29, 1.82) is 0 Å². The molecule has 2 heterocycles. The van der Waals surface area contributed by atoms with E-state index in [4.69, 9.17) is 10.6 Å². The van der Waals surface area contributed by atoms with E-state index in [1.54, 1.807) is 11.3 Å². The lowest BCUT2D eigenvalue weighted by atomic mass is 10.2. The lowest BCUT2D eigenvalue weighted by Gasteiger charge is -2.10. The Labute approximate surface area is 134 Å². The van der Waals surface area contributed by atoms with Crippen molar-refractivity contribution >= 4 is 43.3 Å². The number of nitrogens with one attached hydrogen (secondary N) is 1. The zero-order valence-electron chi connectivity index (χ0n) is 11.3. The number of hydrogen-bond acceptors (Lipinski definition) is 6. The largest absolute Gasteiger partial charge is 0.485 e. The molecule has 108 valence electrons. The highest BCUT2D eigenvalue weighted by molar-refractivity contribution is 9.10. The van der Waals surface area contributed by atoms with Gasteiger partial charge < -0.3 is 10.2 Å². The van der Waals surface area contributed by atoms with Gasteiger partial charge in [-0.05, 0) is 36.1 Å². The summed E-state index contributed by atoms with van der Waals surface area (Å²) in [6.45, 7) is 2.29. The van der Waals surface area contributed by atoms with Gasteiger partial charge in [0.15, 0.2) is 11.6 Å². The second kappa shape index (κ2) is 5.97. The van der Waals surface area contributed by atoms with Crippen LogP contribution in [0.2, 0.25) is 0 Å². The molecular weight excluding hydrogens is 352 g/mol. The van der Waals surface area contributed by atoms with Gasteiger partial charge in [0, 0.05) is 4.47 Å². The van der Waals surface area contributed by atoms with Crippen LogP contribution in [0.15, 0.2) is 34.1 Å². The third kappa shape index (κ3) is 2.99. The zero-order chi connectivity index (χ0) is 14.8. The van der Waals surface area contributed by atoms with Crippen LogP contribution < -0.4 is 16.0 Å². The van der Waals surface area contributed by atoms with E-state index < -0.39 is 0 Å². The van der Waals surface area contributed by atoms with E-state index in [1.165, 1.54) is 0 Å². The van der Waals surface area contributed by atoms with Crippen LogP contribution >= 0.6 is 27.3 Å². The van der Waals surface area contributed by atoms with Crippen molar-refractivity contribution in [3.05, 3.63) is 45.5 Å². The number of hydrogen-bond donors (Lipinski definition) is 2. The summed E-state index contributed by atoms with van der Waals surface area (Å²) in [6, 6.07) is 7.85. The first-order chi connectivity index (χ1) is 10.2. The number of aryl methyl sites for hydroxylation is 1. The molecule has 0 atom stereocenters. The van der Waals surface area contributed by atoms with Gasteiger partial charge in [0.05, 0.1) is 5.39 Å². The Morgan fingerprint density at radius 2 is 2.19 bits per heavy atom. The van der Waals surface area contributed by atoms with Gasteiger partial charge in [-0.3, -0.25) is 0 Å². The molecule has 2 aromatic heterocycles. The first-order valence-electron chi connectivity index (χ1n) is 6.27. The number of ether oxygens (including phenoxy) is 1. The lowest BCUT2D eigenvalue weighted by molar-refractivity contribution is 0.294. The van der Waals surface area contributed by atoms with Crippen LogP contribution in [0.25, 0.3) is 10.2 Å². The van der Waals surface area contributed by atoms with Gasteiger partial charge in [0.2, 0.25) is 0 Å². The van der Waals surface area contributed by atoms with Gasteiger partial charge in [0.1, 0.15) is 17.2 Å². The number of fused-ring (bicyclic) bond motifs is 1. The van der Waals surface area contributed by atoms with Gasteiger partial charge >= 0.3 is 0 Å². The van der Waals surface area contributed by atoms with E-state index in [1.807, 2.05) is 36.6 Å². The highest BCUT2D eigenvalue weighted by Gasteiger charge is 2.09. The Morgan fingerprint density at radius 1 is 1.33 bits per heavy atom. The number of anilines is 1. The average molecular weight is 365 g/mol. The van der Waals surface area contributed by atoms with Crippen molar-refractivity contribution in [3.63, 3.8) is 0 Å². The number of halogens is 1. The number of nitrogens with zero attached hydrogens (tertiary/aromatic N) is 2.